The third kappa shape index (κ3) is 3.19. The van der Waals surface area contributed by atoms with Crippen LogP contribution in [0.3, 0.4) is 0 Å². The molecule has 2 N–H and O–H groups in total. The number of ketones is 1. The lowest BCUT2D eigenvalue weighted by Gasteiger charge is -2.07. The maximum atomic E-state index is 10.6. The molecule has 0 saturated heterocycles. The normalized spacial score (nSPS) is 12.3. The second-order valence-corrected chi connectivity index (χ2v) is 2.05. The van der Waals surface area contributed by atoms with Crippen LogP contribution in [0.15, 0.2) is 0 Å². The van der Waals surface area contributed by atoms with Gasteiger partial charge in [-0.25, -0.2) is 0 Å². The summed E-state index contributed by atoms with van der Waals surface area (Å²) < 4.78 is 0. The maximum absolute atomic E-state index is 10.6. The predicted molar refractivity (Wildman–Crippen MR) is 35.4 cm³/mol. The molecule has 0 fully saturated rings. The number of nitrogens with one attached hydrogen (secondary N) is 1. The lowest BCUT2D eigenvalue weighted by molar-refractivity contribution is -0.127. The Hall–Kier alpha value is -0.900. The minimum Gasteiger partial charge on any atom is -0.389 e. The van der Waals surface area contributed by atoms with Gasteiger partial charge in [-0.05, 0) is 6.92 Å². The minimum absolute atomic E-state index is 0.269. The van der Waals surface area contributed by atoms with Crippen molar-refractivity contribution in [1.29, 1.82) is 0 Å². The number of carbonyl (C=O) groups excluding carboxylic acids is 2. The zero-order valence-electron chi connectivity index (χ0n) is 6.05. The van der Waals surface area contributed by atoms with E-state index < -0.39 is 12.6 Å². The van der Waals surface area contributed by atoms with Crippen LogP contribution >= 0.6 is 0 Å². The molecule has 0 aliphatic carbocycles. The molecule has 1 atom stereocenters. The largest absolute Gasteiger partial charge is 0.389 e. The molecule has 0 spiro atoms. The fourth-order valence-corrected chi connectivity index (χ4v) is 0.522. The van der Waals surface area contributed by atoms with E-state index in [4.69, 9.17) is 5.11 Å². The molecule has 4 nitrogen and oxygen atoms in total. The van der Waals surface area contributed by atoms with Crippen LogP contribution in [-0.4, -0.2) is 29.4 Å². The van der Waals surface area contributed by atoms with Crippen molar-refractivity contribution in [3.63, 3.8) is 0 Å². The van der Waals surface area contributed by atoms with Gasteiger partial charge in [0.1, 0.15) is 6.61 Å². The van der Waals surface area contributed by atoms with Gasteiger partial charge in [-0.3, -0.25) is 9.59 Å². The van der Waals surface area contributed by atoms with Crippen molar-refractivity contribution in [2.75, 3.05) is 6.61 Å². The monoisotopic (exact) mass is 145 g/mol. The van der Waals surface area contributed by atoms with Gasteiger partial charge in [-0.15, -0.1) is 0 Å². The van der Waals surface area contributed by atoms with Gasteiger partial charge in [0, 0.05) is 6.92 Å². The van der Waals surface area contributed by atoms with E-state index in [2.05, 4.69) is 5.32 Å². The Balaban J connectivity index is 3.72. The summed E-state index contributed by atoms with van der Waals surface area (Å²) in [6.45, 7) is 2.32. The van der Waals surface area contributed by atoms with Crippen molar-refractivity contribution in [2.45, 2.75) is 19.9 Å². The number of rotatable bonds is 3. The highest BCUT2D eigenvalue weighted by atomic mass is 16.3. The van der Waals surface area contributed by atoms with E-state index in [1.54, 1.807) is 0 Å². The lowest BCUT2D eigenvalue weighted by atomic mass is 10.2. The summed E-state index contributed by atoms with van der Waals surface area (Å²) in [5.74, 6) is -0.649. The Morgan fingerprint density at radius 1 is 1.60 bits per heavy atom. The van der Waals surface area contributed by atoms with Gasteiger partial charge in [0.2, 0.25) is 5.91 Å². The van der Waals surface area contributed by atoms with Crippen LogP contribution in [0.5, 0.6) is 0 Å². The van der Waals surface area contributed by atoms with E-state index >= 15 is 0 Å². The highest BCUT2D eigenvalue weighted by molar-refractivity contribution is 5.88. The SMILES string of the molecule is CC(=O)N[C@@H](C)C(=O)CO. The summed E-state index contributed by atoms with van der Waals surface area (Å²) in [6, 6.07) is -0.581. The standard InChI is InChI=1S/C6H11NO3/c1-4(6(10)3-8)7-5(2)9/h4,8H,3H2,1-2H3,(H,7,9)/t4-/m0/s1. The molecule has 0 aliphatic rings. The van der Waals surface area contributed by atoms with Gasteiger partial charge in [-0.1, -0.05) is 0 Å². The summed E-state index contributed by atoms with van der Waals surface area (Å²) in [5.41, 5.74) is 0. The summed E-state index contributed by atoms with van der Waals surface area (Å²) >= 11 is 0. The molecule has 0 aromatic rings. The van der Waals surface area contributed by atoms with E-state index in [0.29, 0.717) is 0 Å². The maximum Gasteiger partial charge on any atom is 0.217 e. The van der Waals surface area contributed by atoms with Crippen molar-refractivity contribution in [2.24, 2.45) is 0 Å². The van der Waals surface area contributed by atoms with Crippen molar-refractivity contribution in [1.82, 2.24) is 5.32 Å². The molecule has 58 valence electrons. The Kier molecular flexibility index (Phi) is 3.64. The van der Waals surface area contributed by atoms with Crippen LogP contribution in [0.4, 0.5) is 0 Å². The number of hydrogen-bond acceptors (Lipinski definition) is 3. The fraction of sp³-hybridized carbons (Fsp3) is 0.667. The molecule has 0 radical (unpaired) electrons. The molecule has 0 saturated carbocycles. The summed E-state index contributed by atoms with van der Waals surface area (Å²) in [6.07, 6.45) is 0. The first-order valence-corrected chi connectivity index (χ1v) is 2.98. The highest BCUT2D eigenvalue weighted by Crippen LogP contribution is 1.82. The molecule has 0 rings (SSSR count). The zero-order valence-corrected chi connectivity index (χ0v) is 6.05. The van der Waals surface area contributed by atoms with Gasteiger partial charge < -0.3 is 10.4 Å². The molecule has 0 unspecified atom stereocenters. The number of aliphatic hydroxyl groups excluding tert-OH is 1. The number of aliphatic hydroxyl groups is 1. The van der Waals surface area contributed by atoms with Crippen LogP contribution in [0.25, 0.3) is 0 Å². The molecular formula is C6H11NO3. The lowest BCUT2D eigenvalue weighted by Crippen LogP contribution is -2.38. The van der Waals surface area contributed by atoms with E-state index in [0.717, 1.165) is 0 Å². The van der Waals surface area contributed by atoms with Crippen LogP contribution in [0.1, 0.15) is 13.8 Å². The topological polar surface area (TPSA) is 66.4 Å². The number of hydrogen-bond donors (Lipinski definition) is 2. The van der Waals surface area contributed by atoms with Crippen molar-refractivity contribution in [3.05, 3.63) is 0 Å². The second-order valence-electron chi connectivity index (χ2n) is 2.05. The first-order valence-electron chi connectivity index (χ1n) is 2.98. The van der Waals surface area contributed by atoms with Crippen LogP contribution in [-0.2, 0) is 9.59 Å². The number of carbonyl (C=O) groups is 2. The van der Waals surface area contributed by atoms with Gasteiger partial charge in [0.25, 0.3) is 0 Å². The summed E-state index contributed by atoms with van der Waals surface area (Å²) in [4.78, 5) is 20.9. The molecule has 1 amide bonds. The Bertz CT molecular complexity index is 144. The van der Waals surface area contributed by atoms with Gasteiger partial charge in [0.15, 0.2) is 5.78 Å². The average molecular weight is 145 g/mol. The smallest absolute Gasteiger partial charge is 0.217 e. The highest BCUT2D eigenvalue weighted by Gasteiger charge is 2.10. The van der Waals surface area contributed by atoms with Gasteiger partial charge >= 0.3 is 0 Å². The van der Waals surface area contributed by atoms with Crippen LogP contribution in [0.2, 0.25) is 0 Å². The minimum atomic E-state index is -0.581. The van der Waals surface area contributed by atoms with Crippen LogP contribution in [0, 0.1) is 0 Å². The second kappa shape index (κ2) is 4.00. The molecule has 0 aromatic carbocycles. The van der Waals surface area contributed by atoms with E-state index in [1.165, 1.54) is 13.8 Å². The van der Waals surface area contributed by atoms with Crippen molar-refractivity contribution < 1.29 is 14.7 Å². The van der Waals surface area contributed by atoms with Crippen LogP contribution < -0.4 is 5.32 Å². The van der Waals surface area contributed by atoms with Crippen molar-refractivity contribution >= 4 is 11.7 Å². The van der Waals surface area contributed by atoms with Gasteiger partial charge in [-0.2, -0.15) is 0 Å². The molecule has 10 heavy (non-hydrogen) atoms. The Morgan fingerprint density at radius 3 is 2.40 bits per heavy atom. The van der Waals surface area contributed by atoms with Gasteiger partial charge in [0.05, 0.1) is 6.04 Å². The fourth-order valence-electron chi connectivity index (χ4n) is 0.522. The predicted octanol–water partition coefficient (Wildman–Crippen LogP) is -0.928. The van der Waals surface area contributed by atoms with Crippen molar-refractivity contribution in [3.8, 4) is 0 Å². The molecular weight excluding hydrogens is 134 g/mol. The van der Waals surface area contributed by atoms with E-state index in [-0.39, 0.29) is 11.7 Å². The molecule has 0 heterocycles. The summed E-state index contributed by atoms with van der Waals surface area (Å²) in [7, 11) is 0. The molecule has 0 aliphatic heterocycles. The first-order chi connectivity index (χ1) is 4.57. The molecule has 4 heteroatoms. The van der Waals surface area contributed by atoms with E-state index in [1.807, 2.05) is 0 Å². The molecule has 0 aromatic heterocycles. The third-order valence-corrected chi connectivity index (χ3v) is 1.06. The Labute approximate surface area is 59.2 Å². The zero-order chi connectivity index (χ0) is 8.15. The summed E-state index contributed by atoms with van der Waals surface area (Å²) in [5, 5.41) is 10.7. The average Bonchev–Trinajstić information content (AvgIpc) is 1.85. The Morgan fingerprint density at radius 2 is 2.10 bits per heavy atom. The third-order valence-electron chi connectivity index (χ3n) is 1.06. The quantitative estimate of drug-likeness (QED) is 0.539. The molecule has 0 bridgehead atoms. The van der Waals surface area contributed by atoms with E-state index in [9.17, 15) is 9.59 Å². The first kappa shape index (κ1) is 9.10. The number of Topliss-reactive ketones (excluding diaryl/α,β-unsaturated/α-hetero) is 1. The number of amides is 1.